The molecule has 1 atom stereocenters. The van der Waals surface area contributed by atoms with Crippen LogP contribution in [0, 0.1) is 18.3 Å². The van der Waals surface area contributed by atoms with Gasteiger partial charge in [0.2, 0.25) is 0 Å². The highest BCUT2D eigenvalue weighted by Gasteiger charge is 2.07. The number of nitrogens with one attached hydrogen (secondary N) is 1. The molecule has 0 radical (unpaired) electrons. The molecule has 4 nitrogen and oxygen atoms in total. The van der Waals surface area contributed by atoms with Gasteiger partial charge < -0.3 is 9.88 Å². The fourth-order valence-corrected chi connectivity index (χ4v) is 1.90. The van der Waals surface area contributed by atoms with E-state index in [0.717, 1.165) is 17.8 Å². The second-order valence-corrected chi connectivity index (χ2v) is 4.47. The molecule has 2 rings (SSSR count). The van der Waals surface area contributed by atoms with Gasteiger partial charge in [0, 0.05) is 25.0 Å². The van der Waals surface area contributed by atoms with Gasteiger partial charge in [-0.2, -0.15) is 5.26 Å². The Morgan fingerprint density at radius 2 is 2.33 bits per heavy atom. The summed E-state index contributed by atoms with van der Waals surface area (Å²) in [5, 5.41) is 12.5. The Morgan fingerprint density at radius 1 is 1.50 bits per heavy atom. The van der Waals surface area contributed by atoms with Crippen LogP contribution in [0.3, 0.4) is 0 Å². The summed E-state index contributed by atoms with van der Waals surface area (Å²) in [4.78, 5) is 4.01. The highest BCUT2D eigenvalue weighted by Crippen LogP contribution is 2.17. The summed E-state index contributed by atoms with van der Waals surface area (Å²) >= 11 is 0. The first kappa shape index (κ1) is 12.2. The smallest absolute Gasteiger partial charge is 0.101 e. The molecule has 0 saturated carbocycles. The molecule has 92 valence electrons. The molecule has 1 unspecified atom stereocenters. The zero-order chi connectivity index (χ0) is 13.0. The number of anilines is 1. The van der Waals surface area contributed by atoms with E-state index in [9.17, 15) is 0 Å². The largest absolute Gasteiger partial charge is 0.380 e. The number of rotatable bonds is 4. The van der Waals surface area contributed by atoms with Crippen molar-refractivity contribution in [3.05, 3.63) is 48.0 Å². The average Bonchev–Trinajstić information content (AvgIpc) is 2.84. The third kappa shape index (κ3) is 2.89. The summed E-state index contributed by atoms with van der Waals surface area (Å²) in [5.74, 6) is 0. The van der Waals surface area contributed by atoms with E-state index in [4.69, 9.17) is 5.26 Å². The monoisotopic (exact) mass is 240 g/mol. The Kier molecular flexibility index (Phi) is 3.63. The Labute approximate surface area is 107 Å². The zero-order valence-electron chi connectivity index (χ0n) is 10.6. The molecular formula is C14H16N4. The number of nitriles is 1. The van der Waals surface area contributed by atoms with Crippen LogP contribution in [0.5, 0.6) is 0 Å². The van der Waals surface area contributed by atoms with Crippen molar-refractivity contribution in [1.82, 2.24) is 9.55 Å². The van der Waals surface area contributed by atoms with E-state index in [-0.39, 0.29) is 6.04 Å². The van der Waals surface area contributed by atoms with Crippen LogP contribution in [-0.4, -0.2) is 15.6 Å². The SMILES string of the molecule is Cc1ccc(NC(C)Cn2ccnc2)c(C#N)c1. The number of nitrogens with zero attached hydrogens (tertiary/aromatic N) is 3. The van der Waals surface area contributed by atoms with E-state index < -0.39 is 0 Å². The van der Waals surface area contributed by atoms with Crippen molar-refractivity contribution in [1.29, 1.82) is 5.26 Å². The van der Waals surface area contributed by atoms with Gasteiger partial charge in [-0.3, -0.25) is 0 Å². The van der Waals surface area contributed by atoms with Gasteiger partial charge in [0.1, 0.15) is 6.07 Å². The summed E-state index contributed by atoms with van der Waals surface area (Å²) < 4.78 is 2.01. The van der Waals surface area contributed by atoms with E-state index in [2.05, 4.69) is 23.3 Å². The van der Waals surface area contributed by atoms with Gasteiger partial charge in [0.05, 0.1) is 17.6 Å². The third-order valence-electron chi connectivity index (χ3n) is 2.74. The highest BCUT2D eigenvalue weighted by molar-refractivity contribution is 5.58. The Morgan fingerprint density at radius 3 is 3.00 bits per heavy atom. The summed E-state index contributed by atoms with van der Waals surface area (Å²) in [5.41, 5.74) is 2.67. The van der Waals surface area contributed by atoms with Crippen molar-refractivity contribution < 1.29 is 0 Å². The van der Waals surface area contributed by atoms with E-state index in [0.29, 0.717) is 5.56 Å². The molecule has 1 aromatic carbocycles. The van der Waals surface area contributed by atoms with Crippen LogP contribution < -0.4 is 5.32 Å². The van der Waals surface area contributed by atoms with E-state index >= 15 is 0 Å². The van der Waals surface area contributed by atoms with Crippen LogP contribution in [0.2, 0.25) is 0 Å². The molecule has 0 spiro atoms. The molecule has 0 saturated heterocycles. The van der Waals surface area contributed by atoms with E-state index in [1.165, 1.54) is 0 Å². The van der Waals surface area contributed by atoms with Crippen LogP contribution >= 0.6 is 0 Å². The fourth-order valence-electron chi connectivity index (χ4n) is 1.90. The van der Waals surface area contributed by atoms with E-state index in [1.807, 2.05) is 35.9 Å². The lowest BCUT2D eigenvalue weighted by Gasteiger charge is -2.17. The molecule has 4 heteroatoms. The molecule has 2 aromatic rings. The van der Waals surface area contributed by atoms with Gasteiger partial charge >= 0.3 is 0 Å². The van der Waals surface area contributed by atoms with Crippen LogP contribution in [0.25, 0.3) is 0 Å². The van der Waals surface area contributed by atoms with Crippen LogP contribution in [0.4, 0.5) is 5.69 Å². The zero-order valence-corrected chi connectivity index (χ0v) is 10.6. The number of hydrogen-bond donors (Lipinski definition) is 1. The minimum Gasteiger partial charge on any atom is -0.380 e. The standard InChI is InChI=1S/C14H16N4/c1-11-3-4-14(13(7-11)8-15)17-12(2)9-18-6-5-16-10-18/h3-7,10,12,17H,9H2,1-2H3. The Hall–Kier alpha value is -2.28. The van der Waals surface area contributed by atoms with Crippen molar-refractivity contribution in [3.8, 4) is 6.07 Å². The molecule has 1 heterocycles. The van der Waals surface area contributed by atoms with Crippen molar-refractivity contribution in [3.63, 3.8) is 0 Å². The van der Waals surface area contributed by atoms with Crippen molar-refractivity contribution in [2.24, 2.45) is 0 Å². The fraction of sp³-hybridized carbons (Fsp3) is 0.286. The second-order valence-electron chi connectivity index (χ2n) is 4.47. The van der Waals surface area contributed by atoms with Gasteiger partial charge in [-0.25, -0.2) is 4.98 Å². The summed E-state index contributed by atoms with van der Waals surface area (Å²) in [7, 11) is 0. The van der Waals surface area contributed by atoms with Crippen molar-refractivity contribution in [2.45, 2.75) is 26.4 Å². The van der Waals surface area contributed by atoms with Gasteiger partial charge in [0.25, 0.3) is 0 Å². The third-order valence-corrected chi connectivity index (χ3v) is 2.74. The first-order valence-electron chi connectivity index (χ1n) is 5.92. The van der Waals surface area contributed by atoms with Crippen LogP contribution in [0.1, 0.15) is 18.1 Å². The first-order chi connectivity index (χ1) is 8.69. The van der Waals surface area contributed by atoms with Gasteiger partial charge in [0.15, 0.2) is 0 Å². The van der Waals surface area contributed by atoms with Gasteiger partial charge in [-0.15, -0.1) is 0 Å². The number of aromatic nitrogens is 2. The minimum atomic E-state index is 0.231. The Balaban J connectivity index is 2.07. The normalized spacial score (nSPS) is 11.8. The predicted molar refractivity (Wildman–Crippen MR) is 71.2 cm³/mol. The minimum absolute atomic E-state index is 0.231. The summed E-state index contributed by atoms with van der Waals surface area (Å²) in [6.45, 7) is 4.89. The lowest BCUT2D eigenvalue weighted by atomic mass is 10.1. The average molecular weight is 240 g/mol. The lowest BCUT2D eigenvalue weighted by molar-refractivity contribution is 0.619. The molecule has 1 aromatic heterocycles. The summed E-state index contributed by atoms with van der Waals surface area (Å²) in [6, 6.07) is 8.31. The van der Waals surface area contributed by atoms with Gasteiger partial charge in [-0.1, -0.05) is 6.07 Å². The van der Waals surface area contributed by atoms with Gasteiger partial charge in [-0.05, 0) is 31.5 Å². The molecule has 0 aliphatic rings. The predicted octanol–water partition coefficient (Wildman–Crippen LogP) is 2.56. The second kappa shape index (κ2) is 5.37. The molecule has 0 aliphatic carbocycles. The van der Waals surface area contributed by atoms with Crippen molar-refractivity contribution in [2.75, 3.05) is 5.32 Å². The molecule has 0 amide bonds. The molecule has 0 bridgehead atoms. The molecule has 0 aliphatic heterocycles. The molecule has 0 fully saturated rings. The van der Waals surface area contributed by atoms with Crippen molar-refractivity contribution >= 4 is 5.69 Å². The molecule has 18 heavy (non-hydrogen) atoms. The maximum atomic E-state index is 9.11. The maximum absolute atomic E-state index is 9.11. The van der Waals surface area contributed by atoms with E-state index in [1.54, 1.807) is 12.5 Å². The topological polar surface area (TPSA) is 53.6 Å². The first-order valence-corrected chi connectivity index (χ1v) is 5.92. The van der Waals surface area contributed by atoms with Crippen LogP contribution in [0.15, 0.2) is 36.9 Å². The molecule has 1 N–H and O–H groups in total. The number of benzene rings is 1. The quantitative estimate of drug-likeness (QED) is 0.893. The lowest BCUT2D eigenvalue weighted by Crippen LogP contribution is -2.21. The Bertz CT molecular complexity index is 552. The molecular weight excluding hydrogens is 224 g/mol. The maximum Gasteiger partial charge on any atom is 0.101 e. The summed E-state index contributed by atoms with van der Waals surface area (Å²) in [6.07, 6.45) is 5.48. The highest BCUT2D eigenvalue weighted by atomic mass is 15.1. The van der Waals surface area contributed by atoms with Crippen LogP contribution in [-0.2, 0) is 6.54 Å². The number of hydrogen-bond acceptors (Lipinski definition) is 3. The number of imidazole rings is 1. The number of aryl methyl sites for hydroxylation is 1.